The van der Waals surface area contributed by atoms with Gasteiger partial charge < -0.3 is 10.1 Å². The predicted octanol–water partition coefficient (Wildman–Crippen LogP) is 0.671. The van der Waals surface area contributed by atoms with E-state index in [1.807, 2.05) is 0 Å². The van der Waals surface area contributed by atoms with E-state index in [0.717, 1.165) is 25.1 Å². The highest BCUT2D eigenvalue weighted by Gasteiger charge is 2.52. The summed E-state index contributed by atoms with van der Waals surface area (Å²) in [5, 5.41) is 10.7. The van der Waals surface area contributed by atoms with Crippen molar-refractivity contribution in [2.75, 3.05) is 13.1 Å². The van der Waals surface area contributed by atoms with E-state index in [-0.39, 0.29) is 5.56 Å². The smallest absolute Gasteiger partial charge is 0.251 e. The molecule has 0 spiro atoms. The molecule has 0 unspecified atom stereocenters. The van der Waals surface area contributed by atoms with Gasteiger partial charge in [0.05, 0.1) is 11.3 Å². The van der Waals surface area contributed by atoms with Gasteiger partial charge in [-0.05, 0) is 31.6 Å². The first-order valence-corrected chi connectivity index (χ1v) is 6.99. The van der Waals surface area contributed by atoms with Crippen molar-refractivity contribution in [2.24, 2.45) is 11.8 Å². The van der Waals surface area contributed by atoms with E-state index in [9.17, 15) is 9.90 Å². The van der Waals surface area contributed by atoms with Crippen LogP contribution in [0, 0.1) is 18.8 Å². The Labute approximate surface area is 112 Å². The summed E-state index contributed by atoms with van der Waals surface area (Å²) in [5.74, 6) is 1.41. The van der Waals surface area contributed by atoms with Crippen LogP contribution in [0.1, 0.15) is 31.3 Å². The summed E-state index contributed by atoms with van der Waals surface area (Å²) in [7, 11) is 0. The van der Waals surface area contributed by atoms with Gasteiger partial charge in [0, 0.05) is 25.7 Å². The normalized spacial score (nSPS) is 31.8. The van der Waals surface area contributed by atoms with Crippen molar-refractivity contribution in [1.29, 1.82) is 0 Å². The zero-order valence-corrected chi connectivity index (χ0v) is 11.5. The zero-order valence-electron chi connectivity index (χ0n) is 11.5. The van der Waals surface area contributed by atoms with E-state index in [0.29, 0.717) is 30.7 Å². The van der Waals surface area contributed by atoms with E-state index in [4.69, 9.17) is 0 Å². The Morgan fingerprint density at radius 3 is 2.95 bits per heavy atom. The van der Waals surface area contributed by atoms with Gasteiger partial charge in [-0.3, -0.25) is 9.69 Å². The number of aromatic nitrogens is 2. The summed E-state index contributed by atoms with van der Waals surface area (Å²) in [5.41, 5.74) is 0.150. The van der Waals surface area contributed by atoms with Gasteiger partial charge in [0.15, 0.2) is 0 Å². The molecule has 2 aliphatic rings. The molecule has 5 heteroatoms. The van der Waals surface area contributed by atoms with E-state index < -0.39 is 5.60 Å². The molecule has 0 aromatic carbocycles. The van der Waals surface area contributed by atoms with Crippen molar-refractivity contribution >= 4 is 0 Å². The first kappa shape index (κ1) is 12.8. The Hall–Kier alpha value is -1.20. The van der Waals surface area contributed by atoms with Crippen LogP contribution < -0.4 is 5.56 Å². The maximum absolute atomic E-state index is 11.4. The quantitative estimate of drug-likeness (QED) is 0.841. The molecule has 3 rings (SSSR count). The molecule has 2 N–H and O–H groups in total. The average molecular weight is 263 g/mol. The van der Waals surface area contributed by atoms with Gasteiger partial charge in [-0.2, -0.15) is 0 Å². The largest absolute Gasteiger partial charge is 0.388 e. The van der Waals surface area contributed by atoms with Crippen LogP contribution in [0.5, 0.6) is 0 Å². The summed E-state index contributed by atoms with van der Waals surface area (Å²) in [6.07, 6.45) is 2.30. The van der Waals surface area contributed by atoms with Crippen LogP contribution in [-0.4, -0.2) is 38.7 Å². The second kappa shape index (κ2) is 4.42. The number of hydrogen-bond acceptors (Lipinski definition) is 4. The SMILES string of the molecule is Cc1nc(CN2C[C@@H](C)[C@](O)(C3CC3)C2)cc(=O)[nH]1. The molecule has 1 aromatic heterocycles. The van der Waals surface area contributed by atoms with Gasteiger partial charge in [0.25, 0.3) is 5.56 Å². The Kier molecular flexibility index (Phi) is 2.98. The number of hydrogen-bond donors (Lipinski definition) is 2. The lowest BCUT2D eigenvalue weighted by Gasteiger charge is -2.26. The van der Waals surface area contributed by atoms with Crippen LogP contribution in [0.25, 0.3) is 0 Å². The molecule has 1 aliphatic heterocycles. The standard InChI is InChI=1S/C14H21N3O2/c1-9-6-17(8-14(9,19)11-3-4-11)7-12-5-13(18)16-10(2)15-12/h5,9,11,19H,3-4,6-8H2,1-2H3,(H,15,16,18)/t9-,14+/m1/s1. The average Bonchev–Trinajstić information content (AvgIpc) is 3.07. The van der Waals surface area contributed by atoms with Crippen molar-refractivity contribution in [3.05, 3.63) is 27.9 Å². The molecule has 0 amide bonds. The van der Waals surface area contributed by atoms with Crippen LogP contribution >= 0.6 is 0 Å². The lowest BCUT2D eigenvalue weighted by molar-refractivity contribution is -0.00449. The maximum atomic E-state index is 11.4. The summed E-state index contributed by atoms with van der Waals surface area (Å²) in [4.78, 5) is 20.6. The number of likely N-dealkylation sites (tertiary alicyclic amines) is 1. The number of H-pyrrole nitrogens is 1. The molecule has 1 aromatic rings. The molecule has 0 bridgehead atoms. The van der Waals surface area contributed by atoms with Crippen molar-refractivity contribution in [1.82, 2.24) is 14.9 Å². The monoisotopic (exact) mass is 263 g/mol. The Bertz CT molecular complexity index is 538. The molecule has 2 heterocycles. The van der Waals surface area contributed by atoms with Crippen molar-refractivity contribution in [3.63, 3.8) is 0 Å². The molecule has 1 aliphatic carbocycles. The highest BCUT2D eigenvalue weighted by atomic mass is 16.3. The van der Waals surface area contributed by atoms with Crippen LogP contribution in [0.15, 0.2) is 10.9 Å². The third kappa shape index (κ3) is 2.44. The zero-order chi connectivity index (χ0) is 13.6. The number of β-amino-alcohol motifs (C(OH)–C–C–N with tert-alkyl or cyclic N) is 1. The molecule has 19 heavy (non-hydrogen) atoms. The molecule has 5 nitrogen and oxygen atoms in total. The lowest BCUT2D eigenvalue weighted by atomic mass is 9.88. The summed E-state index contributed by atoms with van der Waals surface area (Å²) < 4.78 is 0. The van der Waals surface area contributed by atoms with Gasteiger partial charge in [0.2, 0.25) is 0 Å². The van der Waals surface area contributed by atoms with Gasteiger partial charge in [-0.15, -0.1) is 0 Å². The lowest BCUT2D eigenvalue weighted by Crippen LogP contribution is -2.39. The molecular formula is C14H21N3O2. The minimum absolute atomic E-state index is 0.104. The van der Waals surface area contributed by atoms with Crippen LogP contribution in [0.2, 0.25) is 0 Å². The number of rotatable bonds is 3. The minimum atomic E-state index is -0.532. The minimum Gasteiger partial charge on any atom is -0.388 e. The highest BCUT2D eigenvalue weighted by Crippen LogP contribution is 2.47. The topological polar surface area (TPSA) is 69.2 Å². The fraction of sp³-hybridized carbons (Fsp3) is 0.714. The molecule has 1 saturated heterocycles. The summed E-state index contributed by atoms with van der Waals surface area (Å²) in [6.45, 7) is 6.13. The number of nitrogens with zero attached hydrogens (tertiary/aromatic N) is 2. The Morgan fingerprint density at radius 1 is 1.58 bits per heavy atom. The van der Waals surface area contributed by atoms with E-state index >= 15 is 0 Å². The van der Waals surface area contributed by atoms with E-state index in [1.54, 1.807) is 13.0 Å². The second-order valence-corrected chi connectivity index (χ2v) is 6.16. The highest BCUT2D eigenvalue weighted by molar-refractivity contribution is 5.07. The number of nitrogens with one attached hydrogen (secondary N) is 1. The van der Waals surface area contributed by atoms with Crippen molar-refractivity contribution < 1.29 is 5.11 Å². The van der Waals surface area contributed by atoms with Crippen LogP contribution in [0.4, 0.5) is 0 Å². The van der Waals surface area contributed by atoms with Crippen molar-refractivity contribution in [3.8, 4) is 0 Å². The van der Waals surface area contributed by atoms with Gasteiger partial charge in [-0.1, -0.05) is 6.92 Å². The first-order chi connectivity index (χ1) is 8.97. The molecule has 104 valence electrons. The van der Waals surface area contributed by atoms with Crippen LogP contribution in [0.3, 0.4) is 0 Å². The van der Waals surface area contributed by atoms with Gasteiger partial charge in [0.1, 0.15) is 5.82 Å². The Balaban J connectivity index is 1.73. The molecule has 2 fully saturated rings. The Morgan fingerprint density at radius 2 is 2.32 bits per heavy atom. The van der Waals surface area contributed by atoms with Crippen molar-refractivity contribution in [2.45, 2.75) is 38.8 Å². The molecule has 0 radical (unpaired) electrons. The first-order valence-electron chi connectivity index (χ1n) is 6.99. The number of aryl methyl sites for hydroxylation is 1. The van der Waals surface area contributed by atoms with E-state index in [1.165, 1.54) is 0 Å². The third-order valence-electron chi connectivity index (χ3n) is 4.45. The second-order valence-electron chi connectivity index (χ2n) is 6.16. The molecule has 2 atom stereocenters. The third-order valence-corrected chi connectivity index (χ3v) is 4.45. The molecule has 1 saturated carbocycles. The summed E-state index contributed by atoms with van der Waals surface area (Å²) >= 11 is 0. The fourth-order valence-electron chi connectivity index (χ4n) is 3.31. The van der Waals surface area contributed by atoms with Gasteiger partial charge >= 0.3 is 0 Å². The summed E-state index contributed by atoms with van der Waals surface area (Å²) in [6, 6.07) is 1.55. The number of aliphatic hydroxyl groups is 1. The fourth-order valence-corrected chi connectivity index (χ4v) is 3.31. The predicted molar refractivity (Wildman–Crippen MR) is 71.7 cm³/mol. The van der Waals surface area contributed by atoms with Gasteiger partial charge in [-0.25, -0.2) is 4.98 Å². The van der Waals surface area contributed by atoms with E-state index in [2.05, 4.69) is 21.8 Å². The number of aromatic amines is 1. The van der Waals surface area contributed by atoms with Crippen LogP contribution in [-0.2, 0) is 6.54 Å². The maximum Gasteiger partial charge on any atom is 0.251 e. The molecular weight excluding hydrogens is 242 g/mol.